The van der Waals surface area contributed by atoms with Gasteiger partial charge in [0.15, 0.2) is 0 Å². The van der Waals surface area contributed by atoms with Gasteiger partial charge in [-0.25, -0.2) is 0 Å². The van der Waals surface area contributed by atoms with Gasteiger partial charge >= 0.3 is 0 Å². The number of hydrogen-bond donors (Lipinski definition) is 1. The molecule has 0 aliphatic heterocycles. The Kier molecular flexibility index (Phi) is 1.38. The summed E-state index contributed by atoms with van der Waals surface area (Å²) in [5.41, 5.74) is 7.90. The molecule has 1 aromatic carbocycles. The first kappa shape index (κ1) is 6.71. The van der Waals surface area contributed by atoms with Gasteiger partial charge in [-0.15, -0.1) is 0 Å². The summed E-state index contributed by atoms with van der Waals surface area (Å²) in [5.74, 6) is 1.70. The quantitative estimate of drug-likeness (QED) is 0.606. The number of nitrogens with two attached hydrogens (primary N) is 1. The van der Waals surface area contributed by atoms with Crippen LogP contribution in [0.3, 0.4) is 0 Å². The van der Waals surface area contributed by atoms with E-state index in [1.54, 1.807) is 0 Å². The van der Waals surface area contributed by atoms with Crippen LogP contribution in [0.2, 0.25) is 0 Å². The summed E-state index contributed by atoms with van der Waals surface area (Å²) in [4.78, 5) is 0. The van der Waals surface area contributed by atoms with Crippen molar-refractivity contribution in [3.8, 4) is 0 Å². The third-order valence-electron chi connectivity index (χ3n) is 2.47. The van der Waals surface area contributed by atoms with Crippen LogP contribution >= 0.6 is 0 Å². The van der Waals surface area contributed by atoms with E-state index in [0.29, 0.717) is 0 Å². The van der Waals surface area contributed by atoms with Crippen molar-refractivity contribution in [1.82, 2.24) is 0 Å². The second-order valence-electron chi connectivity index (χ2n) is 3.49. The lowest BCUT2D eigenvalue weighted by Gasteiger charge is -1.97. The Labute approximate surface area is 67.2 Å². The fraction of sp³-hybridized carbons (Fsp3) is 0.400. The first-order valence-electron chi connectivity index (χ1n) is 4.13. The van der Waals surface area contributed by atoms with Crippen molar-refractivity contribution >= 4 is 5.69 Å². The first-order chi connectivity index (χ1) is 5.27. The highest BCUT2D eigenvalue weighted by Gasteiger charge is 2.33. The summed E-state index contributed by atoms with van der Waals surface area (Å²) in [5, 5.41) is 0. The van der Waals surface area contributed by atoms with Crippen LogP contribution in [-0.4, -0.2) is 0 Å². The van der Waals surface area contributed by atoms with Crippen molar-refractivity contribution in [2.24, 2.45) is 5.92 Å². The molecule has 2 rings (SSSR count). The molecule has 58 valence electrons. The number of anilines is 1. The zero-order valence-corrected chi connectivity index (χ0v) is 6.75. The van der Waals surface area contributed by atoms with Gasteiger partial charge in [-0.3, -0.25) is 0 Å². The van der Waals surface area contributed by atoms with Crippen molar-refractivity contribution in [2.75, 3.05) is 5.73 Å². The van der Waals surface area contributed by atoms with Crippen molar-refractivity contribution in [3.63, 3.8) is 0 Å². The number of rotatable bonds is 1. The molecule has 1 aliphatic carbocycles. The molecule has 1 aliphatic rings. The number of nitrogen functional groups attached to an aromatic ring is 1. The van der Waals surface area contributed by atoms with Crippen LogP contribution in [0.15, 0.2) is 24.3 Å². The predicted octanol–water partition coefficient (Wildman–Crippen LogP) is 2.39. The topological polar surface area (TPSA) is 26.0 Å². The van der Waals surface area contributed by atoms with Gasteiger partial charge in [0.2, 0.25) is 0 Å². The molecular formula is C10H13N. The molecule has 1 fully saturated rings. The van der Waals surface area contributed by atoms with Crippen molar-refractivity contribution in [2.45, 2.75) is 19.3 Å². The van der Waals surface area contributed by atoms with Crippen LogP contribution in [-0.2, 0) is 0 Å². The molecular weight excluding hydrogens is 134 g/mol. The summed E-state index contributed by atoms with van der Waals surface area (Å²) in [6, 6.07) is 8.26. The fourth-order valence-corrected chi connectivity index (χ4v) is 1.53. The van der Waals surface area contributed by atoms with Crippen molar-refractivity contribution in [1.29, 1.82) is 0 Å². The van der Waals surface area contributed by atoms with Gasteiger partial charge in [0, 0.05) is 5.69 Å². The normalized spacial score (nSPS) is 28.5. The van der Waals surface area contributed by atoms with E-state index in [0.717, 1.165) is 17.5 Å². The number of benzene rings is 1. The fourth-order valence-electron chi connectivity index (χ4n) is 1.53. The Balaban J connectivity index is 2.21. The highest BCUT2D eigenvalue weighted by molar-refractivity contribution is 5.41. The van der Waals surface area contributed by atoms with Gasteiger partial charge in [0.1, 0.15) is 0 Å². The van der Waals surface area contributed by atoms with Gasteiger partial charge in [-0.1, -0.05) is 19.1 Å². The maximum Gasteiger partial charge on any atom is 0.0314 e. The molecule has 0 heterocycles. The SMILES string of the molecule is C[C@@H]1C[C@H]1c1ccc(N)cc1. The van der Waals surface area contributed by atoms with Crippen LogP contribution < -0.4 is 5.73 Å². The molecule has 1 heteroatoms. The average Bonchev–Trinajstić information content (AvgIpc) is 2.69. The minimum absolute atomic E-state index is 0.815. The summed E-state index contributed by atoms with van der Waals surface area (Å²) in [6.07, 6.45) is 1.35. The van der Waals surface area contributed by atoms with Crippen molar-refractivity contribution in [3.05, 3.63) is 29.8 Å². The van der Waals surface area contributed by atoms with E-state index in [4.69, 9.17) is 5.73 Å². The zero-order chi connectivity index (χ0) is 7.84. The third-order valence-corrected chi connectivity index (χ3v) is 2.47. The van der Waals surface area contributed by atoms with Gasteiger partial charge in [-0.2, -0.15) is 0 Å². The van der Waals surface area contributed by atoms with Crippen LogP contribution in [0.4, 0.5) is 5.69 Å². The van der Waals surface area contributed by atoms with Crippen LogP contribution in [0.25, 0.3) is 0 Å². The van der Waals surface area contributed by atoms with E-state index in [1.165, 1.54) is 12.0 Å². The zero-order valence-electron chi connectivity index (χ0n) is 6.75. The largest absolute Gasteiger partial charge is 0.399 e. The standard InChI is InChI=1S/C10H13N/c1-7-6-10(7)8-2-4-9(11)5-3-8/h2-5,7,10H,6,11H2,1H3/t7-,10-/m1/s1. The Bertz CT molecular complexity index is 250. The third kappa shape index (κ3) is 1.23. The summed E-state index contributed by atoms with van der Waals surface area (Å²) < 4.78 is 0. The Hall–Kier alpha value is -0.980. The molecule has 1 saturated carbocycles. The molecule has 2 atom stereocenters. The van der Waals surface area contributed by atoms with Gasteiger partial charge in [-0.05, 0) is 36.0 Å². The highest BCUT2D eigenvalue weighted by atomic mass is 14.5. The van der Waals surface area contributed by atoms with E-state index < -0.39 is 0 Å². The summed E-state index contributed by atoms with van der Waals surface area (Å²) in [6.45, 7) is 2.29. The molecule has 0 radical (unpaired) electrons. The minimum Gasteiger partial charge on any atom is -0.399 e. The maximum atomic E-state index is 5.58. The van der Waals surface area contributed by atoms with Gasteiger partial charge < -0.3 is 5.73 Å². The monoisotopic (exact) mass is 147 g/mol. The van der Waals surface area contributed by atoms with Gasteiger partial charge in [0.25, 0.3) is 0 Å². The molecule has 1 aromatic rings. The van der Waals surface area contributed by atoms with E-state index in [-0.39, 0.29) is 0 Å². The van der Waals surface area contributed by atoms with Crippen LogP contribution in [0.5, 0.6) is 0 Å². The van der Waals surface area contributed by atoms with E-state index in [9.17, 15) is 0 Å². The number of hydrogen-bond acceptors (Lipinski definition) is 1. The molecule has 1 nitrogen and oxygen atoms in total. The van der Waals surface area contributed by atoms with E-state index in [2.05, 4.69) is 19.1 Å². The van der Waals surface area contributed by atoms with E-state index in [1.807, 2.05) is 12.1 Å². The second kappa shape index (κ2) is 2.26. The smallest absolute Gasteiger partial charge is 0.0314 e. The Morgan fingerprint density at radius 3 is 2.27 bits per heavy atom. The lowest BCUT2D eigenvalue weighted by Crippen LogP contribution is -1.85. The highest BCUT2D eigenvalue weighted by Crippen LogP contribution is 2.46. The summed E-state index contributed by atoms with van der Waals surface area (Å²) in [7, 11) is 0. The molecule has 0 aromatic heterocycles. The second-order valence-corrected chi connectivity index (χ2v) is 3.49. The predicted molar refractivity (Wildman–Crippen MR) is 47.4 cm³/mol. The Morgan fingerprint density at radius 2 is 1.82 bits per heavy atom. The summed E-state index contributed by atoms with van der Waals surface area (Å²) >= 11 is 0. The molecule has 0 saturated heterocycles. The average molecular weight is 147 g/mol. The molecule has 0 unspecified atom stereocenters. The minimum atomic E-state index is 0.815. The molecule has 2 N–H and O–H groups in total. The molecule has 0 amide bonds. The first-order valence-corrected chi connectivity index (χ1v) is 4.13. The van der Waals surface area contributed by atoms with Gasteiger partial charge in [0.05, 0.1) is 0 Å². The van der Waals surface area contributed by atoms with Crippen LogP contribution in [0, 0.1) is 5.92 Å². The van der Waals surface area contributed by atoms with Crippen molar-refractivity contribution < 1.29 is 0 Å². The molecule has 0 spiro atoms. The Morgan fingerprint density at radius 1 is 1.27 bits per heavy atom. The van der Waals surface area contributed by atoms with E-state index >= 15 is 0 Å². The molecule has 11 heavy (non-hydrogen) atoms. The molecule has 0 bridgehead atoms. The lowest BCUT2D eigenvalue weighted by molar-refractivity contribution is 0.915. The maximum absolute atomic E-state index is 5.58. The lowest BCUT2D eigenvalue weighted by atomic mass is 10.1. The van der Waals surface area contributed by atoms with Crippen LogP contribution in [0.1, 0.15) is 24.8 Å².